The molecule has 1 N–H and O–H groups in total. The molecule has 1 fully saturated rings. The molecule has 0 bridgehead atoms. The highest BCUT2D eigenvalue weighted by Gasteiger charge is 2.32. The van der Waals surface area contributed by atoms with E-state index in [1.165, 1.54) is 12.1 Å². The van der Waals surface area contributed by atoms with Crippen molar-refractivity contribution in [3.05, 3.63) is 39.9 Å². The van der Waals surface area contributed by atoms with Crippen LogP contribution in [0.4, 0.5) is 5.69 Å². The Hall–Kier alpha value is -1.51. The number of hydrogen-bond donors (Lipinski definition) is 1. The monoisotopic (exact) mass is 327 g/mol. The largest absolute Gasteiger partial charge is 0.302 e. The molecular formula is C14H21N3O4S. The Bertz CT molecular complexity index is 615. The highest BCUT2D eigenvalue weighted by molar-refractivity contribution is 7.90. The highest BCUT2D eigenvalue weighted by atomic mass is 32.2. The molecule has 22 heavy (non-hydrogen) atoms. The molecule has 7 nitrogen and oxygen atoms in total. The van der Waals surface area contributed by atoms with E-state index in [2.05, 4.69) is 9.62 Å². The molecule has 2 rings (SSSR count). The van der Waals surface area contributed by atoms with Crippen LogP contribution in [-0.2, 0) is 16.4 Å². The lowest BCUT2D eigenvalue weighted by molar-refractivity contribution is -0.384. The maximum Gasteiger partial charge on any atom is 0.269 e. The second kappa shape index (κ2) is 7.17. The summed E-state index contributed by atoms with van der Waals surface area (Å²) in [6.45, 7) is 4.26. The number of nitro benzene ring substituents is 1. The first-order valence-corrected chi connectivity index (χ1v) is 8.91. The quantitative estimate of drug-likeness (QED) is 0.599. The average molecular weight is 327 g/mol. The van der Waals surface area contributed by atoms with E-state index in [9.17, 15) is 18.5 Å². The summed E-state index contributed by atoms with van der Waals surface area (Å²) in [6.07, 6.45) is 1.40. The van der Waals surface area contributed by atoms with Gasteiger partial charge in [-0.15, -0.1) is 0 Å². The van der Waals surface area contributed by atoms with Gasteiger partial charge in [-0.1, -0.05) is 19.1 Å². The number of nitrogens with one attached hydrogen (secondary N) is 1. The third-order valence-electron chi connectivity index (χ3n) is 3.88. The zero-order valence-corrected chi connectivity index (χ0v) is 13.4. The summed E-state index contributed by atoms with van der Waals surface area (Å²) >= 11 is 0. The summed E-state index contributed by atoms with van der Waals surface area (Å²) in [5.74, 6) is 0. The van der Waals surface area contributed by atoms with Crippen LogP contribution >= 0.6 is 0 Å². The SMILES string of the molecule is CCNS(=O)(=O)C1CCN(CCc2ccc([N+](=O)[O-])cc2)C1. The lowest BCUT2D eigenvalue weighted by Gasteiger charge is -2.16. The maximum absolute atomic E-state index is 12.0. The number of sulfonamides is 1. The number of nitrogens with zero attached hydrogens (tertiary/aromatic N) is 2. The maximum atomic E-state index is 12.0. The van der Waals surface area contributed by atoms with Crippen molar-refractivity contribution < 1.29 is 13.3 Å². The van der Waals surface area contributed by atoms with Crippen LogP contribution in [0.25, 0.3) is 0 Å². The Morgan fingerprint density at radius 3 is 2.64 bits per heavy atom. The lowest BCUT2D eigenvalue weighted by atomic mass is 10.1. The van der Waals surface area contributed by atoms with E-state index >= 15 is 0 Å². The fraction of sp³-hybridized carbons (Fsp3) is 0.571. The third-order valence-corrected chi connectivity index (χ3v) is 5.83. The zero-order chi connectivity index (χ0) is 16.2. The van der Waals surface area contributed by atoms with Crippen LogP contribution in [0.5, 0.6) is 0 Å². The van der Waals surface area contributed by atoms with Crippen LogP contribution < -0.4 is 4.72 Å². The Labute approximate surface area is 130 Å². The fourth-order valence-electron chi connectivity index (χ4n) is 2.64. The van der Waals surface area contributed by atoms with Crippen molar-refractivity contribution in [1.82, 2.24) is 9.62 Å². The van der Waals surface area contributed by atoms with Gasteiger partial charge in [-0.2, -0.15) is 0 Å². The molecule has 0 radical (unpaired) electrons. The Morgan fingerprint density at radius 2 is 2.05 bits per heavy atom. The second-order valence-corrected chi connectivity index (χ2v) is 7.47. The van der Waals surface area contributed by atoms with Crippen LogP contribution in [-0.4, -0.2) is 49.7 Å². The first-order chi connectivity index (χ1) is 10.4. The van der Waals surface area contributed by atoms with Crippen molar-refractivity contribution in [2.45, 2.75) is 25.0 Å². The minimum absolute atomic E-state index is 0.0849. The van der Waals surface area contributed by atoms with Gasteiger partial charge in [0.25, 0.3) is 5.69 Å². The topological polar surface area (TPSA) is 92.6 Å². The lowest BCUT2D eigenvalue weighted by Crippen LogP contribution is -2.36. The van der Waals surface area contributed by atoms with Gasteiger partial charge in [-0.3, -0.25) is 10.1 Å². The Balaban J connectivity index is 1.85. The fourth-order valence-corrected chi connectivity index (χ4v) is 4.10. The Kier molecular flexibility index (Phi) is 5.49. The van der Waals surface area contributed by atoms with Gasteiger partial charge in [0.05, 0.1) is 10.2 Å². The van der Waals surface area contributed by atoms with Crippen molar-refractivity contribution in [2.24, 2.45) is 0 Å². The summed E-state index contributed by atoms with van der Waals surface area (Å²) in [4.78, 5) is 12.3. The highest BCUT2D eigenvalue weighted by Crippen LogP contribution is 2.17. The first kappa shape index (κ1) is 16.9. The standard InChI is InChI=1S/C14H21N3O4S/c1-2-15-22(20,21)14-8-10-16(11-14)9-7-12-3-5-13(6-4-12)17(18)19/h3-6,14-15H,2,7-11H2,1H3. The van der Waals surface area contributed by atoms with E-state index in [-0.39, 0.29) is 10.9 Å². The van der Waals surface area contributed by atoms with Crippen LogP contribution in [0.3, 0.4) is 0 Å². The molecule has 1 aliphatic heterocycles. The number of likely N-dealkylation sites (tertiary alicyclic amines) is 1. The molecule has 0 amide bonds. The van der Waals surface area contributed by atoms with Crippen molar-refractivity contribution in [3.63, 3.8) is 0 Å². The summed E-state index contributed by atoms with van der Waals surface area (Å²) in [6, 6.07) is 6.50. The van der Waals surface area contributed by atoms with Gasteiger partial charge in [0.2, 0.25) is 10.0 Å². The van der Waals surface area contributed by atoms with E-state index in [1.807, 2.05) is 0 Å². The Morgan fingerprint density at radius 1 is 1.36 bits per heavy atom. The normalized spacial score (nSPS) is 19.4. The van der Waals surface area contributed by atoms with Gasteiger partial charge in [-0.25, -0.2) is 13.1 Å². The molecule has 122 valence electrons. The van der Waals surface area contributed by atoms with Gasteiger partial charge in [0, 0.05) is 31.8 Å². The van der Waals surface area contributed by atoms with Crippen molar-refractivity contribution in [2.75, 3.05) is 26.2 Å². The van der Waals surface area contributed by atoms with E-state index in [0.717, 1.165) is 25.1 Å². The van der Waals surface area contributed by atoms with Crippen LogP contribution in [0.2, 0.25) is 0 Å². The third kappa shape index (κ3) is 4.25. The number of nitro groups is 1. The molecule has 0 spiro atoms. The molecule has 1 aromatic rings. The predicted octanol–water partition coefficient (Wildman–Crippen LogP) is 1.15. The minimum Gasteiger partial charge on any atom is -0.302 e. The van der Waals surface area contributed by atoms with Crippen molar-refractivity contribution in [3.8, 4) is 0 Å². The molecule has 1 heterocycles. The van der Waals surface area contributed by atoms with E-state index in [1.54, 1.807) is 19.1 Å². The number of rotatable bonds is 7. The molecular weight excluding hydrogens is 306 g/mol. The van der Waals surface area contributed by atoms with Crippen LogP contribution in [0.15, 0.2) is 24.3 Å². The van der Waals surface area contributed by atoms with Gasteiger partial charge >= 0.3 is 0 Å². The molecule has 0 aromatic heterocycles. The van der Waals surface area contributed by atoms with Crippen LogP contribution in [0, 0.1) is 10.1 Å². The van der Waals surface area contributed by atoms with Crippen molar-refractivity contribution in [1.29, 1.82) is 0 Å². The molecule has 1 unspecified atom stereocenters. The van der Waals surface area contributed by atoms with Gasteiger partial charge in [0.15, 0.2) is 0 Å². The first-order valence-electron chi connectivity index (χ1n) is 7.36. The molecule has 0 aliphatic carbocycles. The molecule has 0 saturated carbocycles. The summed E-state index contributed by atoms with van der Waals surface area (Å²) in [7, 11) is -3.21. The average Bonchev–Trinajstić information content (AvgIpc) is 2.95. The van der Waals surface area contributed by atoms with E-state index in [4.69, 9.17) is 0 Å². The van der Waals surface area contributed by atoms with Gasteiger partial charge in [0.1, 0.15) is 0 Å². The van der Waals surface area contributed by atoms with Gasteiger partial charge in [-0.05, 0) is 24.9 Å². The predicted molar refractivity (Wildman–Crippen MR) is 84.2 cm³/mol. The molecule has 1 atom stereocenters. The molecule has 8 heteroatoms. The van der Waals surface area contributed by atoms with E-state index in [0.29, 0.717) is 19.5 Å². The smallest absolute Gasteiger partial charge is 0.269 e. The van der Waals surface area contributed by atoms with Gasteiger partial charge < -0.3 is 4.90 Å². The zero-order valence-electron chi connectivity index (χ0n) is 12.6. The number of hydrogen-bond acceptors (Lipinski definition) is 5. The van der Waals surface area contributed by atoms with Crippen molar-refractivity contribution >= 4 is 15.7 Å². The second-order valence-electron chi connectivity index (χ2n) is 5.43. The summed E-state index contributed by atoms with van der Waals surface area (Å²) in [5.41, 5.74) is 1.10. The van der Waals surface area contributed by atoms with E-state index < -0.39 is 14.9 Å². The molecule has 1 aromatic carbocycles. The summed E-state index contributed by atoms with van der Waals surface area (Å²) < 4.78 is 26.5. The minimum atomic E-state index is -3.21. The van der Waals surface area contributed by atoms with Crippen LogP contribution in [0.1, 0.15) is 18.9 Å². The molecule has 1 saturated heterocycles. The number of benzene rings is 1. The summed E-state index contributed by atoms with van der Waals surface area (Å²) in [5, 5.41) is 10.3. The molecule has 1 aliphatic rings. The number of non-ortho nitro benzene ring substituents is 1.